The van der Waals surface area contributed by atoms with Gasteiger partial charge in [0.05, 0.1) is 0 Å². The van der Waals surface area contributed by atoms with Gasteiger partial charge in [0.25, 0.3) is 0 Å². The van der Waals surface area contributed by atoms with E-state index in [0.29, 0.717) is 5.75 Å². The van der Waals surface area contributed by atoms with E-state index in [-0.39, 0.29) is 5.41 Å². The zero-order valence-corrected chi connectivity index (χ0v) is 48.3. The molecular formula is C76H55N5OPt. The average Bonchev–Trinajstić information content (AvgIpc) is 2.99. The molecule has 0 spiro atoms. The second kappa shape index (κ2) is 20.3. The molecule has 0 unspecified atom stereocenters. The average molecular weight is 1250 g/mol. The monoisotopic (exact) mass is 1250 g/mol. The van der Waals surface area contributed by atoms with Crippen molar-refractivity contribution in [2.45, 2.75) is 26.2 Å². The van der Waals surface area contributed by atoms with Gasteiger partial charge >= 0.3 is 439 Å². The normalized spacial score (nSPS) is 11.9. The second-order valence-corrected chi connectivity index (χ2v) is 23.3. The SMILES string of the molecule is CC(C)(C)c1ccnc(-n2c3ccccc3c3ccc(Oc4ccc5c(c4)n4[c](=[Pt])n(-c6c(-c7ccccc7)cccc6-c6ccccc6)c6cccc(c7ccccc7n5-c5cc(-c7ccccc7)cc(-c7ccccc7)c5)c64)cc32)c1. The number of fused-ring (bicyclic) bond motifs is 7. The minimum atomic E-state index is -0.0556. The number of benzene rings is 11. The summed E-state index contributed by atoms with van der Waals surface area (Å²) >= 11 is 2.59. The number of ether oxygens (including phenoxy) is 1. The third-order valence-corrected chi connectivity index (χ3v) is 17.2. The number of hydrogen-bond donors (Lipinski definition) is 0. The van der Waals surface area contributed by atoms with Crippen LogP contribution in [0.15, 0.2) is 279 Å². The van der Waals surface area contributed by atoms with Crippen molar-refractivity contribution >= 4 is 60.2 Å². The van der Waals surface area contributed by atoms with Gasteiger partial charge in [0.15, 0.2) is 0 Å². The Hall–Kier alpha value is -9.87. The fourth-order valence-electron chi connectivity index (χ4n) is 12.3. The number of pyridine rings is 1. The van der Waals surface area contributed by atoms with Gasteiger partial charge in [-0.3, -0.25) is 0 Å². The van der Waals surface area contributed by atoms with Crippen molar-refractivity contribution in [2.75, 3.05) is 0 Å². The van der Waals surface area contributed by atoms with Crippen molar-refractivity contribution in [3.63, 3.8) is 0 Å². The Kier molecular flexibility index (Phi) is 12.2. The number of para-hydroxylation sites is 4. The Labute approximate surface area is 492 Å². The third kappa shape index (κ3) is 8.68. The Balaban J connectivity index is 1.06. The summed E-state index contributed by atoms with van der Waals surface area (Å²) < 4.78 is 18.0. The Morgan fingerprint density at radius 1 is 0.361 bits per heavy atom. The number of rotatable bonds is 9. The summed E-state index contributed by atoms with van der Waals surface area (Å²) in [6.07, 6.45) is 1.93. The fourth-order valence-corrected chi connectivity index (χ4v) is 13.4. The van der Waals surface area contributed by atoms with Gasteiger partial charge in [0.2, 0.25) is 0 Å². The van der Waals surface area contributed by atoms with Crippen molar-refractivity contribution in [1.82, 2.24) is 23.1 Å². The molecule has 0 aliphatic rings. The summed E-state index contributed by atoms with van der Waals surface area (Å²) in [4.78, 5) is 4.99. The van der Waals surface area contributed by atoms with Gasteiger partial charge < -0.3 is 0 Å². The number of nitrogens with zero attached hydrogens (tertiary/aromatic N) is 5. The molecule has 0 aliphatic carbocycles. The van der Waals surface area contributed by atoms with Gasteiger partial charge in [-0.2, -0.15) is 0 Å². The minimum absolute atomic E-state index is 0.0556. The zero-order valence-electron chi connectivity index (χ0n) is 46.0. The van der Waals surface area contributed by atoms with Crippen molar-refractivity contribution in [2.24, 2.45) is 0 Å². The molecule has 0 saturated carbocycles. The van der Waals surface area contributed by atoms with Crippen LogP contribution in [0.1, 0.15) is 26.3 Å². The van der Waals surface area contributed by atoms with Crippen LogP contribution < -0.4 is 4.74 Å². The van der Waals surface area contributed by atoms with Crippen LogP contribution in [0.4, 0.5) is 0 Å². The fraction of sp³-hybridized carbons (Fsp3) is 0.0526. The predicted octanol–water partition coefficient (Wildman–Crippen LogP) is 19.9. The molecule has 0 aliphatic heterocycles. The maximum absolute atomic E-state index is 7.25. The van der Waals surface area contributed by atoms with Gasteiger partial charge in [-0.25, -0.2) is 0 Å². The molecular weight excluding hydrogens is 1190 g/mol. The molecule has 400 valence electrons. The molecule has 6 nitrogen and oxygen atoms in total. The van der Waals surface area contributed by atoms with E-state index in [9.17, 15) is 0 Å². The second-order valence-electron chi connectivity index (χ2n) is 22.3. The molecule has 0 saturated heterocycles. The van der Waals surface area contributed by atoms with E-state index >= 15 is 0 Å². The summed E-state index contributed by atoms with van der Waals surface area (Å²) in [5.41, 5.74) is 19.7. The molecule has 0 atom stereocenters. The molecule has 11 aromatic carbocycles. The quantitative estimate of drug-likeness (QED) is 0.145. The van der Waals surface area contributed by atoms with Crippen molar-refractivity contribution in [3.8, 4) is 73.2 Å². The molecule has 83 heavy (non-hydrogen) atoms. The van der Waals surface area contributed by atoms with E-state index in [1.807, 2.05) is 6.20 Å². The predicted molar refractivity (Wildman–Crippen MR) is 340 cm³/mol. The van der Waals surface area contributed by atoms with Crippen LogP contribution in [0.25, 0.3) is 122 Å². The first-order valence-electron chi connectivity index (χ1n) is 28.2. The van der Waals surface area contributed by atoms with Gasteiger partial charge in [-0.1, -0.05) is 32.9 Å². The molecule has 0 N–H and O–H groups in total. The molecule has 4 heterocycles. The summed E-state index contributed by atoms with van der Waals surface area (Å²) in [5.74, 6) is 2.29. The maximum atomic E-state index is 7.25. The van der Waals surface area contributed by atoms with Gasteiger partial charge in [-0.15, -0.1) is 0 Å². The standard InChI is InChI=1S/C76H55N5O.Pt/c1-76(2,3)57-42-43-77-73(47-57)81-68-36-19-16-30-63(68)65-40-38-59(48-71(65)81)82-60-39-41-69-72(49-60)79-50-78(74-61(53-26-12-6-13-27-53)32-20-33-62(74)54-28-14-7-15-29-54)70-37-21-34-66(75(70)79)64-31-17-18-35-67(64)80(69)58-45-55(51-22-8-4-9-23-51)44-56(46-58)52-24-10-5-11-25-52;/h4-49H,1-3H3;. The van der Waals surface area contributed by atoms with E-state index in [1.165, 1.54) is 5.56 Å². The van der Waals surface area contributed by atoms with E-state index < -0.39 is 0 Å². The van der Waals surface area contributed by atoms with Crippen LogP contribution in [0.2, 0.25) is 0 Å². The van der Waals surface area contributed by atoms with Crippen LogP contribution in [0.3, 0.4) is 0 Å². The van der Waals surface area contributed by atoms with E-state index in [0.717, 1.165) is 131 Å². The topological polar surface area (TPSA) is 41.3 Å². The Morgan fingerprint density at radius 2 is 0.855 bits per heavy atom. The zero-order chi connectivity index (χ0) is 55.8. The molecule has 15 aromatic rings. The molecule has 0 amide bonds. The number of imidazole rings is 1. The summed E-state index contributed by atoms with van der Waals surface area (Å²) in [5, 5.41) is 4.52. The molecule has 0 bridgehead atoms. The van der Waals surface area contributed by atoms with Crippen LogP contribution in [0.5, 0.6) is 11.5 Å². The van der Waals surface area contributed by atoms with Crippen molar-refractivity contribution in [1.29, 1.82) is 0 Å². The van der Waals surface area contributed by atoms with Crippen LogP contribution in [-0.2, 0) is 24.8 Å². The first-order chi connectivity index (χ1) is 40.7. The Bertz CT molecular complexity index is 4990. The molecule has 15 rings (SSSR count). The third-order valence-electron chi connectivity index (χ3n) is 16.2. The summed E-state index contributed by atoms with van der Waals surface area (Å²) in [7, 11) is 0. The van der Waals surface area contributed by atoms with Gasteiger partial charge in [-0.05, 0) is 17.0 Å². The molecule has 0 radical (unpaired) electrons. The van der Waals surface area contributed by atoms with Gasteiger partial charge in [0.1, 0.15) is 0 Å². The molecule has 7 heteroatoms. The van der Waals surface area contributed by atoms with Gasteiger partial charge in [0, 0.05) is 6.20 Å². The van der Waals surface area contributed by atoms with Crippen LogP contribution in [-0.4, -0.2) is 23.1 Å². The van der Waals surface area contributed by atoms with E-state index in [2.05, 4.69) is 331 Å². The Morgan fingerprint density at radius 3 is 1.47 bits per heavy atom. The summed E-state index contributed by atoms with van der Waals surface area (Å²) in [6, 6.07) is 98.5. The number of aromatic nitrogens is 5. The van der Waals surface area contributed by atoms with Crippen molar-refractivity contribution in [3.05, 3.63) is 289 Å². The van der Waals surface area contributed by atoms with E-state index in [1.54, 1.807) is 0 Å². The molecule has 0 fully saturated rings. The first-order valence-corrected chi connectivity index (χ1v) is 29.3. The first kappa shape index (κ1) is 50.1. The van der Waals surface area contributed by atoms with E-state index in [4.69, 9.17) is 9.72 Å². The van der Waals surface area contributed by atoms with Crippen molar-refractivity contribution < 1.29 is 24.1 Å². The van der Waals surface area contributed by atoms with Crippen LogP contribution >= 0.6 is 0 Å². The summed E-state index contributed by atoms with van der Waals surface area (Å²) in [6.45, 7) is 6.74. The van der Waals surface area contributed by atoms with Crippen LogP contribution in [0, 0.1) is 3.80 Å². The molecule has 4 aromatic heterocycles. The number of hydrogen-bond acceptors (Lipinski definition) is 2.